The van der Waals surface area contributed by atoms with E-state index in [-0.39, 0.29) is 0 Å². The average Bonchev–Trinajstić information content (AvgIpc) is 2.38. The third kappa shape index (κ3) is 3.75. The van der Waals surface area contributed by atoms with Crippen molar-refractivity contribution in [2.75, 3.05) is 0 Å². The zero-order chi connectivity index (χ0) is 13.8. The molecule has 5 heteroatoms. The highest BCUT2D eigenvalue weighted by molar-refractivity contribution is 9.10. The van der Waals surface area contributed by atoms with E-state index < -0.39 is 0 Å². The van der Waals surface area contributed by atoms with Gasteiger partial charge in [-0.2, -0.15) is 0 Å². The second kappa shape index (κ2) is 6.12. The number of nitrogens with two attached hydrogens (primary N) is 1. The van der Waals surface area contributed by atoms with Gasteiger partial charge in [0.15, 0.2) is 0 Å². The minimum Gasteiger partial charge on any atom is -0.489 e. The topological polar surface area (TPSA) is 48.1 Å². The van der Waals surface area contributed by atoms with Crippen molar-refractivity contribution in [3.8, 4) is 5.75 Å². The zero-order valence-corrected chi connectivity index (χ0v) is 12.8. The van der Waals surface area contributed by atoms with Crippen LogP contribution in [0, 0.1) is 6.92 Å². The third-order valence-electron chi connectivity index (χ3n) is 2.61. The van der Waals surface area contributed by atoms with Gasteiger partial charge in [0.25, 0.3) is 0 Å². The molecule has 2 N–H and O–H groups in total. The predicted octanol–water partition coefficient (Wildman–Crippen LogP) is 3.37. The van der Waals surface area contributed by atoms with Crippen molar-refractivity contribution in [2.24, 2.45) is 5.73 Å². The van der Waals surface area contributed by atoms with E-state index in [1.165, 1.54) is 0 Å². The van der Waals surface area contributed by atoms with Crippen LogP contribution in [-0.2, 0) is 6.61 Å². The van der Waals surface area contributed by atoms with Crippen molar-refractivity contribution in [3.05, 3.63) is 57.8 Å². The summed E-state index contributed by atoms with van der Waals surface area (Å²) in [6.07, 6.45) is 1.68. The van der Waals surface area contributed by atoms with E-state index in [0.29, 0.717) is 17.3 Å². The quantitative estimate of drug-likeness (QED) is 0.869. The number of halogens is 1. The van der Waals surface area contributed by atoms with Gasteiger partial charge in [0.05, 0.1) is 5.69 Å². The maximum absolute atomic E-state index is 5.78. The molecule has 0 amide bonds. The number of aryl methyl sites for hydroxylation is 1. The number of aromatic nitrogens is 1. The molecule has 2 rings (SSSR count). The highest BCUT2D eigenvalue weighted by atomic mass is 79.9. The fraction of sp³-hybridized carbons (Fsp3) is 0.143. The first kappa shape index (κ1) is 14.0. The summed E-state index contributed by atoms with van der Waals surface area (Å²) in [7, 11) is 0. The number of rotatable bonds is 4. The van der Waals surface area contributed by atoms with Crippen LogP contribution >= 0.6 is 28.1 Å². The van der Waals surface area contributed by atoms with E-state index in [1.807, 2.05) is 37.3 Å². The summed E-state index contributed by atoms with van der Waals surface area (Å²) in [6.45, 7) is 2.47. The van der Waals surface area contributed by atoms with Gasteiger partial charge in [0.2, 0.25) is 0 Å². The highest BCUT2D eigenvalue weighted by Crippen LogP contribution is 2.23. The van der Waals surface area contributed by atoms with Crippen molar-refractivity contribution < 1.29 is 4.74 Å². The first-order chi connectivity index (χ1) is 9.06. The van der Waals surface area contributed by atoms with Gasteiger partial charge in [-0.25, -0.2) is 0 Å². The lowest BCUT2D eigenvalue weighted by molar-refractivity contribution is 0.304. The first-order valence-corrected chi connectivity index (χ1v) is 6.90. The molecule has 0 spiro atoms. The van der Waals surface area contributed by atoms with Crippen LogP contribution in [0.3, 0.4) is 0 Å². The predicted molar refractivity (Wildman–Crippen MR) is 83.3 cm³/mol. The third-order valence-corrected chi connectivity index (χ3v) is 3.31. The summed E-state index contributed by atoms with van der Waals surface area (Å²) >= 11 is 8.33. The second-order valence-electron chi connectivity index (χ2n) is 4.11. The molecule has 0 unspecified atom stereocenters. The molecule has 0 atom stereocenters. The molecule has 1 aromatic carbocycles. The lowest BCUT2D eigenvalue weighted by atomic mass is 10.2. The molecule has 0 bridgehead atoms. The van der Waals surface area contributed by atoms with Crippen LogP contribution in [0.1, 0.15) is 16.8 Å². The van der Waals surface area contributed by atoms with E-state index in [9.17, 15) is 0 Å². The van der Waals surface area contributed by atoms with Crippen molar-refractivity contribution in [1.29, 1.82) is 0 Å². The summed E-state index contributed by atoms with van der Waals surface area (Å²) in [5, 5.41) is 0. The van der Waals surface area contributed by atoms with E-state index in [4.69, 9.17) is 22.7 Å². The molecule has 0 aliphatic carbocycles. The Hall–Kier alpha value is -1.46. The van der Waals surface area contributed by atoms with Crippen LogP contribution in [0.15, 0.2) is 41.0 Å². The van der Waals surface area contributed by atoms with Gasteiger partial charge in [0.1, 0.15) is 17.3 Å². The standard InChI is InChI=1S/C14H13BrN2OS/c1-9-6-11(15)2-3-13(9)18-8-10-4-5-17-12(7-10)14(16)19/h2-7H,8H2,1H3,(H2,16,19). The Morgan fingerprint density at radius 2 is 2.16 bits per heavy atom. The normalized spacial score (nSPS) is 10.2. The van der Waals surface area contributed by atoms with Crippen molar-refractivity contribution in [1.82, 2.24) is 4.98 Å². The Labute approximate surface area is 125 Å². The number of thiocarbonyl (C=S) groups is 1. The molecule has 1 heterocycles. The molecule has 0 radical (unpaired) electrons. The highest BCUT2D eigenvalue weighted by Gasteiger charge is 2.03. The van der Waals surface area contributed by atoms with E-state index in [2.05, 4.69) is 20.9 Å². The van der Waals surface area contributed by atoms with Gasteiger partial charge in [0, 0.05) is 10.7 Å². The molecule has 0 saturated carbocycles. The number of hydrogen-bond acceptors (Lipinski definition) is 3. The summed E-state index contributed by atoms with van der Waals surface area (Å²) in [6, 6.07) is 9.64. The molecule has 1 aromatic heterocycles. The summed E-state index contributed by atoms with van der Waals surface area (Å²) < 4.78 is 6.82. The van der Waals surface area contributed by atoms with Gasteiger partial charge < -0.3 is 10.5 Å². The number of benzene rings is 1. The van der Waals surface area contributed by atoms with Gasteiger partial charge >= 0.3 is 0 Å². The number of ether oxygens (including phenoxy) is 1. The maximum Gasteiger partial charge on any atom is 0.122 e. The Morgan fingerprint density at radius 1 is 1.37 bits per heavy atom. The largest absolute Gasteiger partial charge is 0.489 e. The molecule has 3 nitrogen and oxygen atoms in total. The smallest absolute Gasteiger partial charge is 0.122 e. The molecule has 2 aromatic rings. The van der Waals surface area contributed by atoms with Gasteiger partial charge in [-0.3, -0.25) is 4.98 Å². The second-order valence-corrected chi connectivity index (χ2v) is 5.47. The van der Waals surface area contributed by atoms with E-state index >= 15 is 0 Å². The lowest BCUT2D eigenvalue weighted by Crippen LogP contribution is -2.12. The minimum absolute atomic E-state index is 0.293. The molecule has 19 heavy (non-hydrogen) atoms. The van der Waals surface area contributed by atoms with Crippen LogP contribution in [0.2, 0.25) is 0 Å². The Kier molecular flexibility index (Phi) is 4.50. The molecule has 0 aliphatic heterocycles. The van der Waals surface area contributed by atoms with E-state index in [1.54, 1.807) is 6.20 Å². The van der Waals surface area contributed by atoms with Gasteiger partial charge in [-0.1, -0.05) is 28.1 Å². The molecule has 0 aliphatic rings. The summed E-state index contributed by atoms with van der Waals surface area (Å²) in [5.74, 6) is 0.858. The SMILES string of the molecule is Cc1cc(Br)ccc1OCc1ccnc(C(N)=S)c1. The fourth-order valence-electron chi connectivity index (χ4n) is 1.63. The number of pyridine rings is 1. The lowest BCUT2D eigenvalue weighted by Gasteiger charge is -2.10. The number of nitrogens with zero attached hydrogens (tertiary/aromatic N) is 1. The van der Waals surface area contributed by atoms with Crippen molar-refractivity contribution >= 4 is 33.1 Å². The van der Waals surface area contributed by atoms with Crippen LogP contribution in [0.25, 0.3) is 0 Å². The Morgan fingerprint density at radius 3 is 2.84 bits per heavy atom. The average molecular weight is 337 g/mol. The minimum atomic E-state index is 0.293. The Balaban J connectivity index is 2.10. The molecule has 0 saturated heterocycles. The zero-order valence-electron chi connectivity index (χ0n) is 10.4. The molecule has 0 fully saturated rings. The summed E-state index contributed by atoms with van der Waals surface area (Å²) in [4.78, 5) is 4.39. The summed E-state index contributed by atoms with van der Waals surface area (Å²) in [5.41, 5.74) is 8.24. The van der Waals surface area contributed by atoms with Crippen molar-refractivity contribution in [2.45, 2.75) is 13.5 Å². The van der Waals surface area contributed by atoms with E-state index in [0.717, 1.165) is 21.3 Å². The number of hydrogen-bond donors (Lipinski definition) is 1. The van der Waals surface area contributed by atoms with Gasteiger partial charge in [-0.05, 0) is 48.4 Å². The maximum atomic E-state index is 5.78. The monoisotopic (exact) mass is 336 g/mol. The van der Waals surface area contributed by atoms with Crippen LogP contribution in [-0.4, -0.2) is 9.97 Å². The fourth-order valence-corrected chi connectivity index (χ4v) is 2.22. The van der Waals surface area contributed by atoms with Gasteiger partial charge in [-0.15, -0.1) is 0 Å². The van der Waals surface area contributed by atoms with Crippen LogP contribution in [0.5, 0.6) is 5.75 Å². The van der Waals surface area contributed by atoms with Crippen molar-refractivity contribution in [3.63, 3.8) is 0 Å². The van der Waals surface area contributed by atoms with Crippen LogP contribution < -0.4 is 10.5 Å². The molecule has 98 valence electrons. The first-order valence-electron chi connectivity index (χ1n) is 5.70. The molecular formula is C14H13BrN2OS. The molecular weight excluding hydrogens is 324 g/mol. The Bertz CT molecular complexity index is 616. The van der Waals surface area contributed by atoms with Crippen LogP contribution in [0.4, 0.5) is 0 Å².